The summed E-state index contributed by atoms with van der Waals surface area (Å²) in [5.74, 6) is 3.17. The molecular weight excluding hydrogens is 328 g/mol. The third-order valence-corrected chi connectivity index (χ3v) is 7.02. The molecule has 0 bridgehead atoms. The van der Waals surface area contributed by atoms with E-state index in [0.717, 1.165) is 51.4 Å². The normalized spacial score (nSPS) is 31.8. The minimum Gasteiger partial charge on any atom is -0.388 e. The van der Waals surface area contributed by atoms with E-state index >= 15 is 0 Å². The molecule has 5 rings (SSSR count). The first kappa shape index (κ1) is 16.9. The highest BCUT2D eigenvalue weighted by atomic mass is 16.5. The van der Waals surface area contributed by atoms with Gasteiger partial charge >= 0.3 is 0 Å². The Morgan fingerprint density at radius 2 is 1.81 bits per heavy atom. The highest BCUT2D eigenvalue weighted by molar-refractivity contribution is 5.42. The van der Waals surface area contributed by atoms with Crippen LogP contribution >= 0.6 is 0 Å². The fourth-order valence-electron chi connectivity index (χ4n) is 5.19. The topological polar surface area (TPSA) is 61.7 Å². The summed E-state index contributed by atoms with van der Waals surface area (Å²) in [6.07, 6.45) is 7.21. The molecule has 4 heterocycles. The lowest BCUT2D eigenvalue weighted by molar-refractivity contribution is -0.0778. The molecule has 1 saturated carbocycles. The molecule has 1 aliphatic carbocycles. The zero-order chi connectivity index (χ0) is 17.6. The molecule has 26 heavy (non-hydrogen) atoms. The van der Waals surface area contributed by atoms with Crippen LogP contribution < -0.4 is 4.90 Å². The Hall–Kier alpha value is -1.24. The summed E-state index contributed by atoms with van der Waals surface area (Å²) in [6.45, 7) is 6.58. The van der Waals surface area contributed by atoms with E-state index in [1.807, 2.05) is 0 Å². The average Bonchev–Trinajstić information content (AvgIpc) is 3.12. The van der Waals surface area contributed by atoms with Crippen LogP contribution in [0.15, 0.2) is 12.4 Å². The van der Waals surface area contributed by atoms with Crippen LogP contribution in [-0.4, -0.2) is 71.5 Å². The van der Waals surface area contributed by atoms with Gasteiger partial charge < -0.3 is 14.7 Å². The van der Waals surface area contributed by atoms with Gasteiger partial charge in [-0.3, -0.25) is 4.90 Å². The van der Waals surface area contributed by atoms with Crippen molar-refractivity contribution in [1.29, 1.82) is 0 Å². The van der Waals surface area contributed by atoms with Crippen LogP contribution in [0.3, 0.4) is 0 Å². The molecule has 1 N–H and O–H groups in total. The summed E-state index contributed by atoms with van der Waals surface area (Å²) in [6, 6.07) is 2.23. The standard InChI is InChI=1S/C20H30N4O2/c25-20(4-6-26-7-5-20)13-23-9-16-11-24(12-17(16)10-23)19-8-18(21-14-22-19)15-2-1-3-15/h8,14-17,25H,1-7,9-13H2. The van der Waals surface area contributed by atoms with Crippen molar-refractivity contribution >= 4 is 5.82 Å². The second-order valence-corrected chi connectivity index (χ2v) is 8.88. The second-order valence-electron chi connectivity index (χ2n) is 8.88. The SMILES string of the molecule is OC1(CN2CC3CN(c4cc(C5CCC5)ncn4)CC3C2)CCOCC1. The Labute approximate surface area is 155 Å². The number of β-amino-alcohol motifs (C(OH)–C–C–N with tert-alkyl or cyclic N) is 1. The van der Waals surface area contributed by atoms with E-state index in [9.17, 15) is 5.11 Å². The van der Waals surface area contributed by atoms with E-state index in [-0.39, 0.29) is 0 Å². The van der Waals surface area contributed by atoms with Crippen molar-refractivity contribution in [2.24, 2.45) is 11.8 Å². The maximum atomic E-state index is 10.8. The number of hydrogen-bond donors (Lipinski definition) is 1. The van der Waals surface area contributed by atoms with E-state index in [1.54, 1.807) is 6.33 Å². The highest BCUT2D eigenvalue weighted by Crippen LogP contribution is 2.38. The van der Waals surface area contributed by atoms with Crippen molar-refractivity contribution in [3.63, 3.8) is 0 Å². The van der Waals surface area contributed by atoms with Crippen LogP contribution in [0, 0.1) is 11.8 Å². The number of anilines is 1. The smallest absolute Gasteiger partial charge is 0.132 e. The number of aliphatic hydroxyl groups is 1. The Morgan fingerprint density at radius 3 is 2.46 bits per heavy atom. The Bertz CT molecular complexity index is 630. The largest absolute Gasteiger partial charge is 0.388 e. The monoisotopic (exact) mass is 358 g/mol. The van der Waals surface area contributed by atoms with Gasteiger partial charge in [-0.2, -0.15) is 0 Å². The molecule has 0 radical (unpaired) electrons. The maximum Gasteiger partial charge on any atom is 0.132 e. The lowest BCUT2D eigenvalue weighted by Gasteiger charge is -2.36. The minimum atomic E-state index is -0.541. The van der Waals surface area contributed by atoms with Crippen LogP contribution in [0.2, 0.25) is 0 Å². The zero-order valence-electron chi connectivity index (χ0n) is 15.5. The third kappa shape index (κ3) is 3.23. The molecule has 1 aromatic rings. The summed E-state index contributed by atoms with van der Waals surface area (Å²) in [4.78, 5) is 14.0. The fraction of sp³-hybridized carbons (Fsp3) is 0.800. The molecule has 0 amide bonds. The molecule has 0 aromatic carbocycles. The minimum absolute atomic E-state index is 0.541. The van der Waals surface area contributed by atoms with Crippen molar-refractivity contribution in [2.75, 3.05) is 50.8 Å². The van der Waals surface area contributed by atoms with E-state index in [1.165, 1.54) is 25.0 Å². The molecule has 4 fully saturated rings. The van der Waals surface area contributed by atoms with Crippen LogP contribution in [0.1, 0.15) is 43.7 Å². The lowest BCUT2D eigenvalue weighted by atomic mass is 9.83. The number of rotatable bonds is 4. The van der Waals surface area contributed by atoms with Crippen molar-refractivity contribution in [3.05, 3.63) is 18.1 Å². The number of ether oxygens (including phenoxy) is 1. The van der Waals surface area contributed by atoms with E-state index in [2.05, 4.69) is 25.8 Å². The Morgan fingerprint density at radius 1 is 1.08 bits per heavy atom. The van der Waals surface area contributed by atoms with Gasteiger partial charge in [0.2, 0.25) is 0 Å². The molecule has 6 nitrogen and oxygen atoms in total. The molecule has 6 heteroatoms. The Kier molecular flexibility index (Phi) is 4.38. The average molecular weight is 358 g/mol. The van der Waals surface area contributed by atoms with Crippen LogP contribution in [0.4, 0.5) is 5.82 Å². The summed E-state index contributed by atoms with van der Waals surface area (Å²) in [7, 11) is 0. The number of hydrogen-bond acceptors (Lipinski definition) is 6. The molecule has 4 aliphatic rings. The van der Waals surface area contributed by atoms with Crippen LogP contribution in [-0.2, 0) is 4.74 Å². The predicted octanol–water partition coefficient (Wildman–Crippen LogP) is 1.65. The maximum absolute atomic E-state index is 10.8. The summed E-state index contributed by atoms with van der Waals surface area (Å²) < 4.78 is 5.41. The third-order valence-electron chi connectivity index (χ3n) is 7.02. The van der Waals surface area contributed by atoms with Gasteiger partial charge in [-0.15, -0.1) is 0 Å². The van der Waals surface area contributed by atoms with E-state index in [4.69, 9.17) is 4.74 Å². The fourth-order valence-corrected chi connectivity index (χ4v) is 5.19. The molecule has 2 atom stereocenters. The van der Waals surface area contributed by atoms with Crippen molar-refractivity contribution in [1.82, 2.24) is 14.9 Å². The van der Waals surface area contributed by atoms with Gasteiger partial charge in [0.25, 0.3) is 0 Å². The molecule has 0 spiro atoms. The number of aromatic nitrogens is 2. The number of nitrogens with zero attached hydrogens (tertiary/aromatic N) is 4. The Balaban J connectivity index is 1.19. The number of likely N-dealkylation sites (tertiary alicyclic amines) is 1. The van der Waals surface area contributed by atoms with Gasteiger partial charge in [-0.1, -0.05) is 6.42 Å². The van der Waals surface area contributed by atoms with Gasteiger partial charge in [0.15, 0.2) is 0 Å². The molecular formula is C20H30N4O2. The van der Waals surface area contributed by atoms with Crippen molar-refractivity contribution in [2.45, 2.75) is 43.6 Å². The molecule has 3 aliphatic heterocycles. The van der Waals surface area contributed by atoms with Gasteiger partial charge in [0, 0.05) is 76.5 Å². The molecule has 1 aromatic heterocycles. The van der Waals surface area contributed by atoms with Crippen molar-refractivity contribution < 1.29 is 9.84 Å². The first-order valence-corrected chi connectivity index (χ1v) is 10.3. The molecule has 2 unspecified atom stereocenters. The highest BCUT2D eigenvalue weighted by Gasteiger charge is 2.43. The molecule has 142 valence electrons. The van der Waals surface area contributed by atoms with Crippen LogP contribution in [0.5, 0.6) is 0 Å². The van der Waals surface area contributed by atoms with E-state index in [0.29, 0.717) is 31.0 Å². The zero-order valence-corrected chi connectivity index (χ0v) is 15.5. The second kappa shape index (κ2) is 6.73. The number of fused-ring (bicyclic) bond motifs is 1. The van der Waals surface area contributed by atoms with Crippen LogP contribution in [0.25, 0.3) is 0 Å². The van der Waals surface area contributed by atoms with Gasteiger partial charge in [-0.05, 0) is 24.7 Å². The van der Waals surface area contributed by atoms with E-state index < -0.39 is 5.60 Å². The lowest BCUT2D eigenvalue weighted by Crippen LogP contribution is -2.46. The predicted molar refractivity (Wildman–Crippen MR) is 99.3 cm³/mol. The summed E-state index contributed by atoms with van der Waals surface area (Å²) >= 11 is 0. The summed E-state index contributed by atoms with van der Waals surface area (Å²) in [5, 5.41) is 10.8. The summed E-state index contributed by atoms with van der Waals surface area (Å²) in [5.41, 5.74) is 0.697. The molecule has 3 saturated heterocycles. The van der Waals surface area contributed by atoms with Gasteiger partial charge in [-0.25, -0.2) is 9.97 Å². The first-order valence-electron chi connectivity index (χ1n) is 10.3. The van der Waals surface area contributed by atoms with Crippen molar-refractivity contribution in [3.8, 4) is 0 Å². The van der Waals surface area contributed by atoms with Gasteiger partial charge in [0.05, 0.1) is 5.60 Å². The quantitative estimate of drug-likeness (QED) is 0.883. The first-order chi connectivity index (χ1) is 12.7. The van der Waals surface area contributed by atoms with Gasteiger partial charge in [0.1, 0.15) is 12.1 Å².